The van der Waals surface area contributed by atoms with Crippen molar-refractivity contribution in [1.82, 2.24) is 10.2 Å². The zero-order valence-corrected chi connectivity index (χ0v) is 23.0. The van der Waals surface area contributed by atoms with Crippen LogP contribution in [0.3, 0.4) is 0 Å². The number of hydrogen-bond acceptors (Lipinski definition) is 4. The van der Waals surface area contributed by atoms with Gasteiger partial charge in [0.25, 0.3) is 0 Å². The Morgan fingerprint density at radius 2 is 1.75 bits per heavy atom. The van der Waals surface area contributed by atoms with Crippen LogP contribution in [0, 0.1) is 12.7 Å². The van der Waals surface area contributed by atoms with Crippen LogP contribution in [-0.4, -0.2) is 50.0 Å². The number of halogens is 2. The standard InChI is InChI=1S/C26H35ClFN3O4S/c1-6-19(3)29-26(33)20(4)30(17-21-10-13-23(28)14-11-21)25(32)8-7-15-31(36(5,34)35)24-16-22(27)12-9-18(24)2/h9-14,16,19-20H,6-8,15,17H2,1-5H3,(H,29,33)/t19-,20-/m0/s1. The molecule has 2 amide bonds. The van der Waals surface area contributed by atoms with E-state index < -0.39 is 21.9 Å². The molecule has 36 heavy (non-hydrogen) atoms. The van der Waals surface area contributed by atoms with Crippen molar-refractivity contribution >= 4 is 39.1 Å². The molecule has 2 aromatic rings. The van der Waals surface area contributed by atoms with Crippen LogP contribution in [0.4, 0.5) is 10.1 Å². The van der Waals surface area contributed by atoms with Crippen molar-refractivity contribution in [2.75, 3.05) is 17.1 Å². The molecule has 0 unspecified atom stereocenters. The van der Waals surface area contributed by atoms with Crippen molar-refractivity contribution in [3.63, 3.8) is 0 Å². The first-order chi connectivity index (χ1) is 16.8. The average molecular weight is 540 g/mol. The van der Waals surface area contributed by atoms with Crippen molar-refractivity contribution in [1.29, 1.82) is 0 Å². The maximum absolute atomic E-state index is 13.4. The van der Waals surface area contributed by atoms with E-state index in [1.807, 2.05) is 13.8 Å². The Balaban J connectivity index is 2.20. The fraction of sp³-hybridized carbons (Fsp3) is 0.462. The van der Waals surface area contributed by atoms with Gasteiger partial charge in [0.05, 0.1) is 11.9 Å². The lowest BCUT2D eigenvalue weighted by atomic mass is 10.1. The van der Waals surface area contributed by atoms with Crippen LogP contribution in [0.1, 0.15) is 51.2 Å². The number of hydrogen-bond donors (Lipinski definition) is 1. The first kappa shape index (κ1) is 29.6. The van der Waals surface area contributed by atoms with Gasteiger partial charge in [0.1, 0.15) is 11.9 Å². The molecule has 0 radical (unpaired) electrons. The monoisotopic (exact) mass is 539 g/mol. The second-order valence-electron chi connectivity index (χ2n) is 9.01. The summed E-state index contributed by atoms with van der Waals surface area (Å²) in [5.41, 5.74) is 1.88. The smallest absolute Gasteiger partial charge is 0.242 e. The highest BCUT2D eigenvalue weighted by atomic mass is 35.5. The number of sulfonamides is 1. The minimum absolute atomic E-state index is 0.0216. The van der Waals surface area contributed by atoms with Gasteiger partial charge in [-0.15, -0.1) is 0 Å². The molecule has 0 bridgehead atoms. The van der Waals surface area contributed by atoms with Crippen molar-refractivity contribution in [2.24, 2.45) is 0 Å². The minimum atomic E-state index is -3.62. The van der Waals surface area contributed by atoms with E-state index in [1.165, 1.54) is 21.3 Å². The van der Waals surface area contributed by atoms with E-state index in [0.717, 1.165) is 18.2 Å². The van der Waals surface area contributed by atoms with Crippen LogP contribution in [0.2, 0.25) is 5.02 Å². The van der Waals surface area contributed by atoms with Gasteiger partial charge in [0.2, 0.25) is 21.8 Å². The second-order valence-corrected chi connectivity index (χ2v) is 11.4. The third-order valence-electron chi connectivity index (χ3n) is 6.03. The normalized spacial score (nSPS) is 13.1. The summed E-state index contributed by atoms with van der Waals surface area (Å²) in [4.78, 5) is 27.5. The average Bonchev–Trinajstić information content (AvgIpc) is 2.81. The maximum atomic E-state index is 13.4. The molecular formula is C26H35ClFN3O4S. The molecule has 0 saturated heterocycles. The zero-order valence-electron chi connectivity index (χ0n) is 21.4. The van der Waals surface area contributed by atoms with Gasteiger partial charge in [-0.05, 0) is 69.0 Å². The Morgan fingerprint density at radius 3 is 2.33 bits per heavy atom. The summed E-state index contributed by atoms with van der Waals surface area (Å²) in [6, 6.07) is 9.95. The van der Waals surface area contributed by atoms with E-state index in [4.69, 9.17) is 11.6 Å². The predicted molar refractivity (Wildman–Crippen MR) is 142 cm³/mol. The number of benzene rings is 2. The summed E-state index contributed by atoms with van der Waals surface area (Å²) in [7, 11) is -3.62. The summed E-state index contributed by atoms with van der Waals surface area (Å²) in [6.07, 6.45) is 2.11. The number of amides is 2. The highest BCUT2D eigenvalue weighted by Gasteiger charge is 2.27. The SMILES string of the molecule is CC[C@H](C)NC(=O)[C@H](C)N(Cc1ccc(F)cc1)C(=O)CCCN(c1cc(Cl)ccc1C)S(C)(=O)=O. The molecule has 10 heteroatoms. The van der Waals surface area contributed by atoms with Crippen LogP contribution < -0.4 is 9.62 Å². The third-order valence-corrected chi connectivity index (χ3v) is 7.44. The second kappa shape index (κ2) is 13.1. The van der Waals surface area contributed by atoms with Crippen molar-refractivity contribution in [3.05, 3.63) is 64.4 Å². The van der Waals surface area contributed by atoms with Gasteiger partial charge in [-0.2, -0.15) is 0 Å². The van der Waals surface area contributed by atoms with E-state index in [9.17, 15) is 22.4 Å². The fourth-order valence-electron chi connectivity index (χ4n) is 3.67. The first-order valence-electron chi connectivity index (χ1n) is 11.9. The molecule has 198 valence electrons. The van der Waals surface area contributed by atoms with Gasteiger partial charge in [-0.25, -0.2) is 12.8 Å². The largest absolute Gasteiger partial charge is 0.352 e. The molecule has 0 heterocycles. The van der Waals surface area contributed by atoms with E-state index >= 15 is 0 Å². The number of carbonyl (C=O) groups excluding carboxylic acids is 2. The number of aryl methyl sites for hydroxylation is 1. The summed E-state index contributed by atoms with van der Waals surface area (Å²) in [5.74, 6) is -0.981. The van der Waals surface area contributed by atoms with Crippen molar-refractivity contribution < 1.29 is 22.4 Å². The molecule has 1 N–H and O–H groups in total. The molecular weight excluding hydrogens is 505 g/mol. The van der Waals surface area contributed by atoms with Gasteiger partial charge in [-0.1, -0.05) is 36.7 Å². The van der Waals surface area contributed by atoms with Gasteiger partial charge in [0.15, 0.2) is 0 Å². The Morgan fingerprint density at radius 1 is 1.11 bits per heavy atom. The van der Waals surface area contributed by atoms with Crippen LogP contribution in [0.25, 0.3) is 0 Å². The van der Waals surface area contributed by atoms with Gasteiger partial charge < -0.3 is 10.2 Å². The van der Waals surface area contributed by atoms with Crippen LogP contribution in [0.5, 0.6) is 0 Å². The summed E-state index contributed by atoms with van der Waals surface area (Å²) >= 11 is 6.09. The molecule has 0 saturated carbocycles. The lowest BCUT2D eigenvalue weighted by molar-refractivity contribution is -0.140. The Kier molecular flexibility index (Phi) is 10.7. The third kappa shape index (κ3) is 8.48. The Hall–Kier alpha value is -2.65. The summed E-state index contributed by atoms with van der Waals surface area (Å²) < 4.78 is 39.6. The van der Waals surface area contributed by atoms with Crippen molar-refractivity contribution in [3.8, 4) is 0 Å². The molecule has 2 atom stereocenters. The molecule has 0 aliphatic heterocycles. The van der Waals surface area contributed by atoms with Gasteiger partial charge in [-0.3, -0.25) is 13.9 Å². The fourth-order valence-corrected chi connectivity index (χ4v) is 4.85. The highest BCUT2D eigenvalue weighted by molar-refractivity contribution is 7.92. The maximum Gasteiger partial charge on any atom is 0.242 e. The van der Waals surface area contributed by atoms with Crippen LogP contribution in [0.15, 0.2) is 42.5 Å². The number of carbonyl (C=O) groups is 2. The number of anilines is 1. The van der Waals surface area contributed by atoms with E-state index in [-0.39, 0.29) is 43.8 Å². The lowest BCUT2D eigenvalue weighted by Gasteiger charge is -2.30. The Bertz CT molecular complexity index is 1160. The van der Waals surface area contributed by atoms with Crippen molar-refractivity contribution in [2.45, 2.75) is 65.6 Å². The van der Waals surface area contributed by atoms with E-state index in [0.29, 0.717) is 16.3 Å². The molecule has 2 rings (SSSR count). The molecule has 0 spiro atoms. The summed E-state index contributed by atoms with van der Waals surface area (Å²) in [6.45, 7) is 7.47. The van der Waals surface area contributed by atoms with Crippen LogP contribution in [-0.2, 0) is 26.2 Å². The number of rotatable bonds is 12. The molecule has 2 aromatic carbocycles. The molecule has 0 aliphatic carbocycles. The summed E-state index contributed by atoms with van der Waals surface area (Å²) in [5, 5.41) is 3.30. The predicted octanol–water partition coefficient (Wildman–Crippen LogP) is 4.67. The molecule has 7 nitrogen and oxygen atoms in total. The van der Waals surface area contributed by atoms with E-state index in [1.54, 1.807) is 44.2 Å². The van der Waals surface area contributed by atoms with Gasteiger partial charge in [0, 0.05) is 30.6 Å². The number of nitrogens with one attached hydrogen (secondary N) is 1. The van der Waals surface area contributed by atoms with Gasteiger partial charge >= 0.3 is 0 Å². The lowest BCUT2D eigenvalue weighted by Crippen LogP contribution is -2.49. The van der Waals surface area contributed by atoms with Crippen LogP contribution >= 0.6 is 11.6 Å². The topological polar surface area (TPSA) is 86.8 Å². The number of nitrogens with zero attached hydrogens (tertiary/aromatic N) is 2. The quantitative estimate of drug-likeness (QED) is 0.425. The molecule has 0 aliphatic rings. The molecule has 0 fully saturated rings. The van der Waals surface area contributed by atoms with E-state index in [2.05, 4.69) is 5.32 Å². The first-order valence-corrected chi connectivity index (χ1v) is 14.1. The minimum Gasteiger partial charge on any atom is -0.352 e. The Labute approximate surface area is 218 Å². The zero-order chi connectivity index (χ0) is 27.0. The highest BCUT2D eigenvalue weighted by Crippen LogP contribution is 2.27. The molecule has 0 aromatic heterocycles.